The van der Waals surface area contributed by atoms with Crippen LogP contribution in [0.3, 0.4) is 0 Å². The fourth-order valence-corrected chi connectivity index (χ4v) is 4.02. The van der Waals surface area contributed by atoms with Gasteiger partial charge in [-0.3, -0.25) is 4.68 Å². The monoisotopic (exact) mass is 335 g/mol. The Bertz CT molecular complexity index is 496. The molecule has 1 aliphatic carbocycles. The number of aryl methyl sites for hydroxylation is 1. The molecule has 7 heteroatoms. The lowest BCUT2D eigenvalue weighted by molar-refractivity contribution is 0.220. The Balaban J connectivity index is 2.22. The minimum Gasteiger partial charge on any atom is -0.274 e. The molecule has 1 aromatic rings. The molecule has 0 saturated heterocycles. The van der Waals surface area contributed by atoms with Gasteiger partial charge in [0.2, 0.25) is 10.0 Å². The topological polar surface area (TPSA) is 55.2 Å². The molecule has 102 valence electrons. The number of aromatic nitrogens is 2. The van der Waals surface area contributed by atoms with Crippen LogP contribution in [-0.4, -0.2) is 40.4 Å². The molecule has 0 N–H and O–H groups in total. The van der Waals surface area contributed by atoms with Crippen LogP contribution in [0.4, 0.5) is 0 Å². The van der Waals surface area contributed by atoms with Crippen LogP contribution in [0.1, 0.15) is 25.7 Å². The van der Waals surface area contributed by atoms with Crippen LogP contribution in [-0.2, 0) is 17.1 Å². The summed E-state index contributed by atoms with van der Waals surface area (Å²) in [6, 6.07) is 0.175. The third kappa shape index (κ3) is 2.78. The first kappa shape index (κ1) is 14.0. The van der Waals surface area contributed by atoms with E-state index in [-0.39, 0.29) is 6.04 Å². The highest BCUT2D eigenvalue weighted by molar-refractivity contribution is 9.09. The van der Waals surface area contributed by atoms with Crippen LogP contribution < -0.4 is 0 Å². The predicted molar refractivity (Wildman–Crippen MR) is 73.1 cm³/mol. The summed E-state index contributed by atoms with van der Waals surface area (Å²) in [5.41, 5.74) is 0. The van der Waals surface area contributed by atoms with Gasteiger partial charge in [0, 0.05) is 31.2 Å². The van der Waals surface area contributed by atoms with Gasteiger partial charge >= 0.3 is 0 Å². The van der Waals surface area contributed by atoms with Crippen molar-refractivity contribution in [2.45, 2.75) is 36.6 Å². The molecule has 0 atom stereocenters. The van der Waals surface area contributed by atoms with E-state index in [0.29, 0.717) is 11.4 Å². The standard InChI is InChI=1S/C11H18BrN3O2S/c1-14-9-11(8-13-14)18(16,17)15(7-3-6-12)10-4-2-5-10/h8-10H,2-7H2,1H3. The fourth-order valence-electron chi connectivity index (χ4n) is 2.06. The Labute approximate surface area is 116 Å². The molecular formula is C11H18BrN3O2S. The van der Waals surface area contributed by atoms with Crippen molar-refractivity contribution in [2.75, 3.05) is 11.9 Å². The van der Waals surface area contributed by atoms with Gasteiger partial charge in [-0.05, 0) is 19.3 Å². The Morgan fingerprint density at radius 2 is 2.28 bits per heavy atom. The summed E-state index contributed by atoms with van der Waals surface area (Å²) in [6.07, 6.45) is 6.89. The maximum atomic E-state index is 12.5. The molecule has 1 heterocycles. The fraction of sp³-hybridized carbons (Fsp3) is 0.727. The van der Waals surface area contributed by atoms with Gasteiger partial charge in [0.25, 0.3) is 0 Å². The Hall–Kier alpha value is -0.400. The van der Waals surface area contributed by atoms with Gasteiger partial charge in [0.15, 0.2) is 0 Å². The molecule has 2 rings (SSSR count). The zero-order valence-corrected chi connectivity index (χ0v) is 12.8. The van der Waals surface area contributed by atoms with E-state index in [4.69, 9.17) is 0 Å². The van der Waals surface area contributed by atoms with E-state index in [1.165, 1.54) is 10.9 Å². The van der Waals surface area contributed by atoms with Gasteiger partial charge < -0.3 is 0 Å². The molecule has 18 heavy (non-hydrogen) atoms. The molecule has 1 fully saturated rings. The molecule has 0 aliphatic heterocycles. The van der Waals surface area contributed by atoms with Crippen molar-refractivity contribution in [1.82, 2.24) is 14.1 Å². The average Bonchev–Trinajstić information content (AvgIpc) is 2.68. The van der Waals surface area contributed by atoms with Gasteiger partial charge in [-0.15, -0.1) is 0 Å². The molecule has 0 spiro atoms. The first-order valence-electron chi connectivity index (χ1n) is 6.12. The molecule has 1 aliphatic rings. The van der Waals surface area contributed by atoms with E-state index in [0.717, 1.165) is 31.0 Å². The smallest absolute Gasteiger partial charge is 0.246 e. The Morgan fingerprint density at radius 1 is 1.56 bits per heavy atom. The minimum atomic E-state index is -3.38. The van der Waals surface area contributed by atoms with Crippen molar-refractivity contribution in [3.63, 3.8) is 0 Å². The van der Waals surface area contributed by atoms with E-state index in [1.807, 2.05) is 0 Å². The first-order chi connectivity index (χ1) is 8.55. The quantitative estimate of drug-likeness (QED) is 0.744. The van der Waals surface area contributed by atoms with Gasteiger partial charge in [0.05, 0.1) is 6.20 Å². The Kier molecular flexibility index (Phi) is 4.45. The van der Waals surface area contributed by atoms with E-state index in [1.54, 1.807) is 17.5 Å². The zero-order chi connectivity index (χ0) is 13.2. The molecule has 0 aromatic carbocycles. The highest BCUT2D eigenvalue weighted by atomic mass is 79.9. The highest BCUT2D eigenvalue weighted by Crippen LogP contribution is 2.30. The zero-order valence-electron chi connectivity index (χ0n) is 10.4. The van der Waals surface area contributed by atoms with Crippen molar-refractivity contribution >= 4 is 26.0 Å². The second-order valence-corrected chi connectivity index (χ2v) is 7.28. The van der Waals surface area contributed by atoms with Crippen LogP contribution >= 0.6 is 15.9 Å². The summed E-state index contributed by atoms with van der Waals surface area (Å²) in [7, 11) is -1.66. The lowest BCUT2D eigenvalue weighted by Crippen LogP contribution is -2.44. The van der Waals surface area contributed by atoms with Gasteiger partial charge in [-0.2, -0.15) is 9.40 Å². The van der Waals surface area contributed by atoms with Crippen LogP contribution in [0.25, 0.3) is 0 Å². The molecule has 0 unspecified atom stereocenters. The normalized spacial score (nSPS) is 17.1. The third-order valence-corrected chi connectivity index (χ3v) is 5.75. The lowest BCUT2D eigenvalue weighted by Gasteiger charge is -2.36. The van der Waals surface area contributed by atoms with Crippen molar-refractivity contribution in [3.8, 4) is 0 Å². The maximum absolute atomic E-state index is 12.5. The molecule has 1 saturated carbocycles. The molecule has 1 aromatic heterocycles. The number of halogens is 1. The third-order valence-electron chi connectivity index (χ3n) is 3.28. The van der Waals surface area contributed by atoms with Crippen LogP contribution in [0, 0.1) is 0 Å². The number of nitrogens with zero attached hydrogens (tertiary/aromatic N) is 3. The van der Waals surface area contributed by atoms with Gasteiger partial charge in [-0.25, -0.2) is 8.42 Å². The van der Waals surface area contributed by atoms with E-state index in [9.17, 15) is 8.42 Å². The summed E-state index contributed by atoms with van der Waals surface area (Å²) in [5, 5.41) is 4.77. The summed E-state index contributed by atoms with van der Waals surface area (Å²) >= 11 is 3.36. The van der Waals surface area contributed by atoms with Crippen molar-refractivity contribution in [3.05, 3.63) is 12.4 Å². The second-order valence-electron chi connectivity index (χ2n) is 4.59. The van der Waals surface area contributed by atoms with Gasteiger partial charge in [0.1, 0.15) is 4.90 Å². The van der Waals surface area contributed by atoms with E-state index in [2.05, 4.69) is 21.0 Å². The first-order valence-corrected chi connectivity index (χ1v) is 8.68. The summed E-state index contributed by atoms with van der Waals surface area (Å²) in [4.78, 5) is 0.298. The predicted octanol–water partition coefficient (Wildman–Crippen LogP) is 1.75. The molecule has 0 radical (unpaired) electrons. The van der Waals surface area contributed by atoms with Crippen molar-refractivity contribution in [1.29, 1.82) is 0 Å². The Morgan fingerprint density at radius 3 is 2.72 bits per heavy atom. The van der Waals surface area contributed by atoms with E-state index < -0.39 is 10.0 Å². The van der Waals surface area contributed by atoms with Crippen LogP contribution in [0.5, 0.6) is 0 Å². The number of sulfonamides is 1. The van der Waals surface area contributed by atoms with Crippen LogP contribution in [0.15, 0.2) is 17.3 Å². The minimum absolute atomic E-state index is 0.175. The van der Waals surface area contributed by atoms with Crippen LogP contribution in [0.2, 0.25) is 0 Å². The summed E-state index contributed by atoms with van der Waals surface area (Å²) < 4.78 is 28.3. The molecule has 0 bridgehead atoms. The largest absolute Gasteiger partial charge is 0.274 e. The molecule has 5 nitrogen and oxygen atoms in total. The maximum Gasteiger partial charge on any atom is 0.246 e. The average molecular weight is 336 g/mol. The van der Waals surface area contributed by atoms with Gasteiger partial charge in [-0.1, -0.05) is 22.4 Å². The number of rotatable bonds is 6. The van der Waals surface area contributed by atoms with Crippen molar-refractivity contribution < 1.29 is 8.42 Å². The van der Waals surface area contributed by atoms with E-state index >= 15 is 0 Å². The van der Waals surface area contributed by atoms with Crippen molar-refractivity contribution in [2.24, 2.45) is 7.05 Å². The number of hydrogen-bond acceptors (Lipinski definition) is 3. The highest BCUT2D eigenvalue weighted by Gasteiger charge is 2.34. The number of alkyl halides is 1. The summed E-state index contributed by atoms with van der Waals surface area (Å²) in [6.45, 7) is 0.577. The SMILES string of the molecule is Cn1cc(S(=O)(=O)N(CCCBr)C2CCC2)cn1. The summed E-state index contributed by atoms with van der Waals surface area (Å²) in [5.74, 6) is 0. The second kappa shape index (κ2) is 5.71. The lowest BCUT2D eigenvalue weighted by atomic mass is 9.93. The number of hydrogen-bond donors (Lipinski definition) is 0. The molecule has 0 amide bonds. The molecular weight excluding hydrogens is 318 g/mol.